The predicted molar refractivity (Wildman–Crippen MR) is 130 cm³/mol. The fraction of sp³-hybridized carbons (Fsp3) is 0.154. The third kappa shape index (κ3) is 6.02. The molecule has 0 atom stereocenters. The van der Waals surface area contributed by atoms with Gasteiger partial charge in [-0.25, -0.2) is 9.38 Å². The molecular weight excluding hydrogens is 439 g/mol. The normalized spacial score (nSPS) is 15.7. The van der Waals surface area contributed by atoms with E-state index < -0.39 is 0 Å². The van der Waals surface area contributed by atoms with Crippen molar-refractivity contribution in [1.29, 1.82) is 0 Å². The van der Waals surface area contributed by atoms with E-state index in [1.165, 1.54) is 23.9 Å². The number of carbonyl (C=O) groups is 1. The van der Waals surface area contributed by atoms with Gasteiger partial charge in [0, 0.05) is 0 Å². The summed E-state index contributed by atoms with van der Waals surface area (Å²) in [4.78, 5) is 17.5. The number of aryl methyl sites for hydroxylation is 1. The first-order chi connectivity index (χ1) is 16.0. The second-order valence-corrected chi connectivity index (χ2v) is 8.41. The molecule has 1 fully saturated rings. The summed E-state index contributed by atoms with van der Waals surface area (Å²) in [5.74, 6) is 0.601. The summed E-state index contributed by atoms with van der Waals surface area (Å²) in [7, 11) is 0. The molecule has 3 aromatic rings. The van der Waals surface area contributed by atoms with Crippen molar-refractivity contribution in [2.75, 3.05) is 6.61 Å². The van der Waals surface area contributed by atoms with E-state index in [2.05, 4.69) is 10.3 Å². The molecule has 0 bridgehead atoms. The number of carbonyl (C=O) groups excluding carboxylic acids is 1. The van der Waals surface area contributed by atoms with Gasteiger partial charge < -0.3 is 14.8 Å². The van der Waals surface area contributed by atoms with Crippen LogP contribution < -0.4 is 14.8 Å². The van der Waals surface area contributed by atoms with Crippen LogP contribution in [0.3, 0.4) is 0 Å². The van der Waals surface area contributed by atoms with Gasteiger partial charge in [0.2, 0.25) is 0 Å². The Morgan fingerprint density at radius 2 is 1.85 bits per heavy atom. The van der Waals surface area contributed by atoms with Crippen molar-refractivity contribution in [1.82, 2.24) is 5.32 Å². The minimum absolute atomic E-state index is 0.199. The molecule has 4 rings (SSSR count). The molecule has 1 N–H and O–H groups in total. The fourth-order valence-corrected chi connectivity index (χ4v) is 4.00. The molecule has 1 aliphatic rings. The topological polar surface area (TPSA) is 59.9 Å². The summed E-state index contributed by atoms with van der Waals surface area (Å²) >= 11 is 1.29. The van der Waals surface area contributed by atoms with Gasteiger partial charge in [-0.05, 0) is 79.2 Å². The Kier molecular flexibility index (Phi) is 7.10. The van der Waals surface area contributed by atoms with E-state index in [-0.39, 0.29) is 18.3 Å². The van der Waals surface area contributed by atoms with Crippen molar-refractivity contribution in [2.24, 2.45) is 4.99 Å². The van der Waals surface area contributed by atoms with Gasteiger partial charge in [-0.3, -0.25) is 4.79 Å². The lowest BCUT2D eigenvalue weighted by atomic mass is 10.2. The molecule has 0 radical (unpaired) electrons. The first-order valence-electron chi connectivity index (χ1n) is 10.5. The van der Waals surface area contributed by atoms with Crippen molar-refractivity contribution in [3.8, 4) is 11.5 Å². The van der Waals surface area contributed by atoms with Gasteiger partial charge in [0.15, 0.2) is 16.7 Å². The maximum Gasteiger partial charge on any atom is 0.264 e. The van der Waals surface area contributed by atoms with Gasteiger partial charge in [0.1, 0.15) is 12.4 Å². The average molecular weight is 463 g/mol. The number of aliphatic imine (C=N–C) groups is 1. The van der Waals surface area contributed by atoms with Gasteiger partial charge in [0.05, 0.1) is 17.2 Å². The number of hydrogen-bond acceptors (Lipinski definition) is 5. The van der Waals surface area contributed by atoms with Crippen LogP contribution >= 0.6 is 11.8 Å². The maximum atomic E-state index is 13.4. The zero-order valence-electron chi connectivity index (χ0n) is 18.3. The quantitative estimate of drug-likeness (QED) is 0.437. The average Bonchev–Trinajstić information content (AvgIpc) is 3.13. The lowest BCUT2D eigenvalue weighted by molar-refractivity contribution is -0.115. The van der Waals surface area contributed by atoms with Crippen molar-refractivity contribution in [3.05, 3.63) is 94.1 Å². The molecular formula is C26H23FN2O3S. The number of rotatable bonds is 7. The molecule has 1 amide bonds. The second kappa shape index (κ2) is 10.4. The highest BCUT2D eigenvalue weighted by Crippen LogP contribution is 2.33. The summed E-state index contributed by atoms with van der Waals surface area (Å²) in [5.41, 5.74) is 3.45. The lowest BCUT2D eigenvalue weighted by Crippen LogP contribution is -2.19. The number of nitrogens with one attached hydrogen (secondary N) is 1. The minimum Gasteiger partial charge on any atom is -0.490 e. The number of halogens is 1. The van der Waals surface area contributed by atoms with E-state index in [0.29, 0.717) is 28.2 Å². The smallest absolute Gasteiger partial charge is 0.264 e. The van der Waals surface area contributed by atoms with Crippen LogP contribution in [0.25, 0.3) is 6.08 Å². The van der Waals surface area contributed by atoms with E-state index in [0.717, 1.165) is 22.4 Å². The van der Waals surface area contributed by atoms with Crippen molar-refractivity contribution in [3.63, 3.8) is 0 Å². The molecule has 168 valence electrons. The number of thioether (sulfide) groups is 1. The zero-order valence-corrected chi connectivity index (χ0v) is 19.1. The van der Waals surface area contributed by atoms with Crippen LogP contribution in [0, 0.1) is 12.7 Å². The number of nitrogens with zero attached hydrogens (tertiary/aromatic N) is 1. The largest absolute Gasteiger partial charge is 0.490 e. The van der Waals surface area contributed by atoms with Crippen LogP contribution in [-0.2, 0) is 11.4 Å². The first-order valence-corrected chi connectivity index (χ1v) is 11.3. The number of ether oxygens (including phenoxy) is 2. The molecule has 0 unspecified atom stereocenters. The van der Waals surface area contributed by atoms with Crippen LogP contribution in [0.2, 0.25) is 0 Å². The highest BCUT2D eigenvalue weighted by molar-refractivity contribution is 8.18. The van der Waals surface area contributed by atoms with Gasteiger partial charge in [-0.2, -0.15) is 0 Å². The van der Waals surface area contributed by atoms with Crippen LogP contribution in [0.1, 0.15) is 23.6 Å². The number of amides is 1. The Morgan fingerprint density at radius 1 is 1.03 bits per heavy atom. The van der Waals surface area contributed by atoms with Gasteiger partial charge in [-0.1, -0.05) is 35.9 Å². The van der Waals surface area contributed by atoms with E-state index >= 15 is 0 Å². The highest BCUT2D eigenvalue weighted by atomic mass is 32.2. The molecule has 0 spiro atoms. The second-order valence-electron chi connectivity index (χ2n) is 7.38. The summed E-state index contributed by atoms with van der Waals surface area (Å²) in [6.45, 7) is 4.57. The van der Waals surface area contributed by atoms with Crippen LogP contribution in [-0.4, -0.2) is 17.7 Å². The lowest BCUT2D eigenvalue weighted by Gasteiger charge is -2.13. The van der Waals surface area contributed by atoms with Gasteiger partial charge in [-0.15, -0.1) is 0 Å². The summed E-state index contributed by atoms with van der Waals surface area (Å²) < 4.78 is 25.0. The Balaban J connectivity index is 1.50. The van der Waals surface area contributed by atoms with Crippen molar-refractivity contribution in [2.45, 2.75) is 20.5 Å². The SMILES string of the molecule is CCOc1cc(/C=C2/SC(=Nc3ccc(C)cc3)NC2=O)ccc1OCc1cccc(F)c1. The summed E-state index contributed by atoms with van der Waals surface area (Å²) in [5, 5.41) is 3.34. The molecule has 0 aliphatic carbocycles. The van der Waals surface area contributed by atoms with Crippen molar-refractivity contribution >= 4 is 34.6 Å². The monoisotopic (exact) mass is 462 g/mol. The van der Waals surface area contributed by atoms with Crippen LogP contribution in [0.15, 0.2) is 76.6 Å². The Bertz CT molecular complexity index is 1220. The van der Waals surface area contributed by atoms with Gasteiger partial charge in [0.25, 0.3) is 5.91 Å². The van der Waals surface area contributed by atoms with E-state index in [1.807, 2.05) is 50.2 Å². The molecule has 5 nitrogen and oxygen atoms in total. The Morgan fingerprint density at radius 3 is 2.61 bits per heavy atom. The van der Waals surface area contributed by atoms with E-state index in [9.17, 15) is 9.18 Å². The molecule has 7 heteroatoms. The molecule has 33 heavy (non-hydrogen) atoms. The molecule has 1 heterocycles. The van der Waals surface area contributed by atoms with Crippen molar-refractivity contribution < 1.29 is 18.7 Å². The summed E-state index contributed by atoms with van der Waals surface area (Å²) in [6.07, 6.45) is 1.79. The Hall–Kier alpha value is -3.58. The number of amidine groups is 1. The van der Waals surface area contributed by atoms with Gasteiger partial charge >= 0.3 is 0 Å². The standard InChI is InChI=1S/C26H23FN2O3S/c1-3-31-23-14-18(9-12-22(23)32-16-19-5-4-6-20(27)13-19)15-24-25(30)29-26(33-24)28-21-10-7-17(2)8-11-21/h4-15H,3,16H2,1-2H3,(H,28,29,30)/b24-15+. The van der Waals surface area contributed by atoms with E-state index in [1.54, 1.807) is 24.3 Å². The molecule has 1 saturated heterocycles. The Labute approximate surface area is 196 Å². The van der Waals surface area contributed by atoms with E-state index in [4.69, 9.17) is 9.47 Å². The minimum atomic E-state index is -0.305. The third-order valence-electron chi connectivity index (χ3n) is 4.76. The summed E-state index contributed by atoms with van der Waals surface area (Å²) in [6, 6.07) is 19.5. The molecule has 3 aromatic carbocycles. The first kappa shape index (κ1) is 22.6. The highest BCUT2D eigenvalue weighted by Gasteiger charge is 2.24. The zero-order chi connectivity index (χ0) is 23.2. The van der Waals surface area contributed by atoms with Crippen LogP contribution in [0.4, 0.5) is 10.1 Å². The molecule has 1 aliphatic heterocycles. The predicted octanol–water partition coefficient (Wildman–Crippen LogP) is 6.00. The third-order valence-corrected chi connectivity index (χ3v) is 5.67. The molecule has 0 saturated carbocycles. The number of benzene rings is 3. The fourth-order valence-electron chi connectivity index (χ4n) is 3.16. The van der Waals surface area contributed by atoms with Crippen LogP contribution in [0.5, 0.6) is 11.5 Å². The molecule has 0 aromatic heterocycles. The maximum absolute atomic E-state index is 13.4. The number of hydrogen-bond donors (Lipinski definition) is 1.